The number of amides is 2. The molecule has 2 aliphatic carbocycles. The number of hydrogen-bond acceptors (Lipinski definition) is 22. The Morgan fingerprint density at radius 2 is 1.59 bits per heavy atom. The summed E-state index contributed by atoms with van der Waals surface area (Å²) in [4.78, 5) is 77.1. The van der Waals surface area contributed by atoms with Gasteiger partial charge in [-0.25, -0.2) is 5.48 Å². The number of fused-ring (bicyclic) bond motifs is 6. The van der Waals surface area contributed by atoms with Gasteiger partial charge in [-0.05, 0) is 36.6 Å². The highest BCUT2D eigenvalue weighted by molar-refractivity contribution is 7.98. The maximum absolute atomic E-state index is 14.3. The molecule has 0 unspecified atom stereocenters. The Hall–Kier alpha value is -5.55. The molecule has 9 rings (SSSR count). The quantitative estimate of drug-likeness (QED) is 0.0319. The molecule has 0 saturated carbocycles. The van der Waals surface area contributed by atoms with Crippen LogP contribution >= 0.6 is 23.5 Å². The highest BCUT2D eigenvalue weighted by atomic mass is 32.2. The lowest BCUT2D eigenvalue weighted by atomic mass is 9.72. The standard InChI is InChI=1S/C54H66N6O17S2/c1-29-50-37(59-14-18-73-52(70-3)51(59)77-50)22-41(75-29)76-39-24-54(68,23-34-43(39)49(66)45-44(47(34)64)46(63)33-7-6-8-38(69-2)42(33)48(45)65)53(67)58-74-26-31-11-9-30(10-12-31)21-32(61)25-55-40(62)13-16-71-19-20-72-17-15-60-56-35(27-78-4)36(57-60)28-79-5/h6-12,29,37,39,41,50-52,64,66,68H,13-28H2,1-5H3,(H,55,62)(H,58,67)/t29-,37-,39-,41-,50+,51+,52-,54-/m0/s1. The Morgan fingerprint density at radius 1 is 0.886 bits per heavy atom. The average molecular weight is 1140 g/mol. The van der Waals surface area contributed by atoms with Crippen molar-refractivity contribution in [1.82, 2.24) is 30.7 Å². The number of carbonyl (C=O) groups excluding carboxylic acids is 5. The number of aliphatic hydroxyl groups is 1. The summed E-state index contributed by atoms with van der Waals surface area (Å²) in [5.41, 5.74) is 1.77. The van der Waals surface area contributed by atoms with E-state index in [0.29, 0.717) is 50.6 Å². The van der Waals surface area contributed by atoms with Gasteiger partial charge in [0, 0.05) is 80.0 Å². The molecule has 0 radical (unpaired) electrons. The van der Waals surface area contributed by atoms with E-state index in [1.54, 1.807) is 52.6 Å². The van der Waals surface area contributed by atoms with Gasteiger partial charge in [-0.2, -0.15) is 38.5 Å². The van der Waals surface area contributed by atoms with Gasteiger partial charge < -0.3 is 58.5 Å². The van der Waals surface area contributed by atoms with E-state index >= 15 is 0 Å². The predicted molar refractivity (Wildman–Crippen MR) is 283 cm³/mol. The summed E-state index contributed by atoms with van der Waals surface area (Å²) in [5, 5.41) is 48.2. The number of aromatic hydroxyl groups is 2. The van der Waals surface area contributed by atoms with Crippen molar-refractivity contribution < 1.29 is 82.0 Å². The largest absolute Gasteiger partial charge is 0.507 e. The zero-order chi connectivity index (χ0) is 56.0. The molecule has 25 heteroatoms. The molecule has 2 amide bonds. The molecule has 3 aliphatic heterocycles. The van der Waals surface area contributed by atoms with Crippen molar-refractivity contribution in [1.29, 1.82) is 0 Å². The molecule has 23 nitrogen and oxygen atoms in total. The van der Waals surface area contributed by atoms with Gasteiger partial charge in [0.15, 0.2) is 36.0 Å². The normalized spacial score (nSPS) is 24.3. The summed E-state index contributed by atoms with van der Waals surface area (Å²) in [6.45, 7) is 4.17. The fraction of sp³-hybridized carbons (Fsp3) is 0.537. The van der Waals surface area contributed by atoms with E-state index < -0.39 is 89.6 Å². The first-order chi connectivity index (χ1) is 38.2. The summed E-state index contributed by atoms with van der Waals surface area (Å²) in [6, 6.07) is 11.0. The van der Waals surface area contributed by atoms with E-state index in [1.165, 1.54) is 32.4 Å². The molecule has 3 aromatic carbocycles. The van der Waals surface area contributed by atoms with E-state index in [2.05, 4.69) is 25.9 Å². The summed E-state index contributed by atoms with van der Waals surface area (Å²) >= 11 is 3.40. The van der Waals surface area contributed by atoms with Crippen molar-refractivity contribution in [2.24, 2.45) is 0 Å². The molecule has 5 aliphatic rings. The first kappa shape index (κ1) is 58.1. The molecule has 5 N–H and O–H groups in total. The monoisotopic (exact) mass is 1130 g/mol. The Morgan fingerprint density at radius 3 is 2.30 bits per heavy atom. The number of hydroxylamine groups is 1. The molecule has 3 saturated heterocycles. The molecule has 4 aromatic rings. The molecule has 0 spiro atoms. The molecular weight excluding hydrogens is 1070 g/mol. The number of phenolic OH excluding ortho intramolecular Hbond substituents is 2. The molecule has 0 bridgehead atoms. The number of phenols is 2. The lowest BCUT2D eigenvalue weighted by Gasteiger charge is -2.43. The van der Waals surface area contributed by atoms with Gasteiger partial charge in [-0.3, -0.25) is 33.7 Å². The van der Waals surface area contributed by atoms with Crippen molar-refractivity contribution in [2.75, 3.05) is 72.9 Å². The number of Topliss-reactive ketones (excluding diaryl/α,β-unsaturated/α-hetero) is 1. The van der Waals surface area contributed by atoms with Crippen LogP contribution in [-0.2, 0) is 89.9 Å². The van der Waals surface area contributed by atoms with E-state index in [-0.39, 0.29) is 90.9 Å². The number of nitrogens with one attached hydrogen (secondary N) is 2. The fourth-order valence-electron chi connectivity index (χ4n) is 10.8. The van der Waals surface area contributed by atoms with Gasteiger partial charge >= 0.3 is 0 Å². The van der Waals surface area contributed by atoms with Crippen molar-refractivity contribution in [3.05, 3.63) is 98.4 Å². The van der Waals surface area contributed by atoms with Crippen LogP contribution in [0, 0.1) is 0 Å². The lowest BCUT2D eigenvalue weighted by molar-refractivity contribution is -0.256. The highest BCUT2D eigenvalue weighted by Crippen LogP contribution is 2.53. The molecule has 4 heterocycles. The van der Waals surface area contributed by atoms with Crippen LogP contribution in [0.2, 0.25) is 0 Å². The number of hydrogen-bond donors (Lipinski definition) is 5. The Balaban J connectivity index is 0.780. The van der Waals surface area contributed by atoms with Crippen LogP contribution in [0.4, 0.5) is 0 Å². The van der Waals surface area contributed by atoms with E-state index in [4.69, 9.17) is 42.7 Å². The highest BCUT2D eigenvalue weighted by Gasteiger charge is 2.55. The van der Waals surface area contributed by atoms with Crippen LogP contribution in [0.3, 0.4) is 0 Å². The van der Waals surface area contributed by atoms with Crippen molar-refractivity contribution in [3.63, 3.8) is 0 Å². The Labute approximate surface area is 464 Å². The molecule has 8 atom stereocenters. The topological polar surface area (TPSA) is 287 Å². The van der Waals surface area contributed by atoms with E-state index in [9.17, 15) is 39.3 Å². The average Bonchev–Trinajstić information content (AvgIpc) is 4.11. The predicted octanol–water partition coefficient (Wildman–Crippen LogP) is 3.07. The maximum atomic E-state index is 14.3. The first-order valence-corrected chi connectivity index (χ1v) is 28.8. The number of morpholine rings is 1. The lowest BCUT2D eigenvalue weighted by Crippen LogP contribution is -2.55. The molecule has 426 valence electrons. The Bertz CT molecular complexity index is 2870. The third-order valence-corrected chi connectivity index (χ3v) is 15.7. The zero-order valence-electron chi connectivity index (χ0n) is 44.6. The molecule has 1 aromatic heterocycles. The van der Waals surface area contributed by atoms with Gasteiger partial charge in [-0.1, -0.05) is 36.4 Å². The number of aromatic nitrogens is 3. The zero-order valence-corrected chi connectivity index (χ0v) is 46.2. The van der Waals surface area contributed by atoms with Gasteiger partial charge in [0.05, 0.1) is 100 Å². The second-order valence-corrected chi connectivity index (χ2v) is 21.5. The molecular formula is C54H66N6O17S2. The number of ether oxygens (including phenoxy) is 8. The smallest absolute Gasteiger partial charge is 0.275 e. The van der Waals surface area contributed by atoms with Gasteiger partial charge in [0.1, 0.15) is 23.4 Å². The minimum absolute atomic E-state index is 0.0451. The number of methoxy groups -OCH3 is 2. The molecule has 79 heavy (non-hydrogen) atoms. The van der Waals surface area contributed by atoms with Crippen LogP contribution in [-0.4, -0.2) is 180 Å². The third-order valence-electron chi connectivity index (χ3n) is 14.6. The van der Waals surface area contributed by atoms with Crippen molar-refractivity contribution >= 4 is 52.7 Å². The number of ketones is 3. The van der Waals surface area contributed by atoms with E-state index in [1.807, 2.05) is 19.4 Å². The van der Waals surface area contributed by atoms with Gasteiger partial charge in [0.2, 0.25) is 11.7 Å². The van der Waals surface area contributed by atoms with Crippen molar-refractivity contribution in [2.45, 2.75) is 112 Å². The minimum Gasteiger partial charge on any atom is -0.507 e. The number of rotatable bonds is 25. The maximum Gasteiger partial charge on any atom is 0.275 e. The van der Waals surface area contributed by atoms with Crippen molar-refractivity contribution in [3.8, 4) is 17.2 Å². The van der Waals surface area contributed by atoms with Crippen LogP contribution in [0.1, 0.15) is 97.8 Å². The fourth-order valence-corrected chi connectivity index (χ4v) is 11.8. The Kier molecular flexibility index (Phi) is 19.1. The second kappa shape index (κ2) is 25.9. The SMILES string of the molecule is COc1cccc2c1C(=O)c1c(O)c3c(c(O)c1C2=O)C[C@@](O)(C(=O)NOCc1ccc(CC(=O)CNC(=O)CCOCCOCCn2nc(CSC)c(CSC)n2)cc1)C[C@@H]3O[C@H]1C[C@H]2[C@H](O[C@@H]3[C@@H](OC)OCCN32)[C@H](C)O1. The summed E-state index contributed by atoms with van der Waals surface area (Å²) in [7, 11) is 2.87. The number of nitrogens with zero attached hydrogens (tertiary/aromatic N) is 4. The van der Waals surface area contributed by atoms with Crippen LogP contribution < -0.4 is 15.5 Å². The van der Waals surface area contributed by atoms with Crippen LogP contribution in [0.25, 0.3) is 0 Å². The van der Waals surface area contributed by atoms with Crippen LogP contribution in [0.15, 0.2) is 42.5 Å². The number of carbonyl (C=O) groups is 5. The van der Waals surface area contributed by atoms with Gasteiger partial charge in [0.25, 0.3) is 5.91 Å². The van der Waals surface area contributed by atoms with E-state index in [0.717, 1.165) is 22.9 Å². The van der Waals surface area contributed by atoms with Gasteiger partial charge in [-0.15, -0.1) is 0 Å². The molecule has 3 fully saturated rings. The first-order valence-electron chi connectivity index (χ1n) is 26.0. The number of benzene rings is 3. The second-order valence-electron chi connectivity index (χ2n) is 19.8. The van der Waals surface area contributed by atoms with Crippen LogP contribution in [0.5, 0.6) is 17.2 Å². The number of thioether (sulfide) groups is 2. The minimum atomic E-state index is -2.38. The summed E-state index contributed by atoms with van der Waals surface area (Å²) < 4.78 is 47.2. The summed E-state index contributed by atoms with van der Waals surface area (Å²) in [5.74, 6) is -2.79. The third kappa shape index (κ3) is 12.7. The summed E-state index contributed by atoms with van der Waals surface area (Å²) in [6.07, 6.45) is -1.19.